The second kappa shape index (κ2) is 10.5. The maximum Gasteiger partial charge on any atom is 0.337 e. The van der Waals surface area contributed by atoms with E-state index in [1.54, 1.807) is 36.5 Å². The van der Waals surface area contributed by atoms with Crippen LogP contribution >= 0.6 is 0 Å². The van der Waals surface area contributed by atoms with Gasteiger partial charge in [0.15, 0.2) is 0 Å². The van der Waals surface area contributed by atoms with Gasteiger partial charge in [0.05, 0.1) is 12.7 Å². The van der Waals surface area contributed by atoms with Crippen LogP contribution in [0.15, 0.2) is 42.6 Å². The summed E-state index contributed by atoms with van der Waals surface area (Å²) < 4.78 is 4.69. The Morgan fingerprint density at radius 1 is 0.939 bits per heavy atom. The molecule has 1 aromatic heterocycles. The van der Waals surface area contributed by atoms with E-state index in [1.807, 2.05) is 11.0 Å². The number of hydrogen-bond donors (Lipinski definition) is 1. The number of carbonyl (C=O) groups is 3. The van der Waals surface area contributed by atoms with E-state index in [9.17, 15) is 14.4 Å². The molecular formula is C25H30N4O4. The van der Waals surface area contributed by atoms with Crippen molar-refractivity contribution in [3.8, 4) is 0 Å². The van der Waals surface area contributed by atoms with Crippen LogP contribution in [0.2, 0.25) is 0 Å². The number of rotatable bonds is 5. The van der Waals surface area contributed by atoms with Crippen molar-refractivity contribution in [1.82, 2.24) is 9.88 Å². The lowest BCUT2D eigenvalue weighted by atomic mass is 9.95. The minimum atomic E-state index is -0.407. The van der Waals surface area contributed by atoms with Crippen LogP contribution in [0.3, 0.4) is 0 Å². The third-order valence-corrected chi connectivity index (χ3v) is 6.40. The second-order valence-electron chi connectivity index (χ2n) is 8.58. The fourth-order valence-corrected chi connectivity index (χ4v) is 4.43. The lowest BCUT2D eigenvalue weighted by Gasteiger charge is -2.32. The predicted molar refractivity (Wildman–Crippen MR) is 125 cm³/mol. The van der Waals surface area contributed by atoms with E-state index in [-0.39, 0.29) is 17.7 Å². The van der Waals surface area contributed by atoms with E-state index >= 15 is 0 Å². The van der Waals surface area contributed by atoms with Gasteiger partial charge in [-0.3, -0.25) is 9.59 Å². The minimum Gasteiger partial charge on any atom is -0.465 e. The first-order valence-corrected chi connectivity index (χ1v) is 11.5. The van der Waals surface area contributed by atoms with Crippen LogP contribution in [0.25, 0.3) is 0 Å². The largest absolute Gasteiger partial charge is 0.465 e. The monoisotopic (exact) mass is 450 g/mol. The highest BCUT2D eigenvalue weighted by atomic mass is 16.5. The molecule has 0 aliphatic carbocycles. The van der Waals surface area contributed by atoms with Gasteiger partial charge in [-0.25, -0.2) is 9.78 Å². The number of piperidine rings is 2. The molecule has 0 spiro atoms. The van der Waals surface area contributed by atoms with Gasteiger partial charge in [-0.05, 0) is 68.5 Å². The number of pyridine rings is 1. The van der Waals surface area contributed by atoms with Crippen molar-refractivity contribution in [3.63, 3.8) is 0 Å². The number of hydrogen-bond acceptors (Lipinski definition) is 6. The maximum absolute atomic E-state index is 12.8. The molecule has 33 heavy (non-hydrogen) atoms. The van der Waals surface area contributed by atoms with Crippen LogP contribution in [0.5, 0.6) is 0 Å². The van der Waals surface area contributed by atoms with E-state index in [4.69, 9.17) is 4.74 Å². The molecule has 0 saturated carbocycles. The van der Waals surface area contributed by atoms with Gasteiger partial charge < -0.3 is 19.9 Å². The van der Waals surface area contributed by atoms with Crippen molar-refractivity contribution in [3.05, 3.63) is 53.7 Å². The molecule has 2 aliphatic heterocycles. The van der Waals surface area contributed by atoms with Crippen molar-refractivity contribution < 1.29 is 19.1 Å². The number of nitrogens with zero attached hydrogens (tertiary/aromatic N) is 3. The molecule has 4 rings (SSSR count). The van der Waals surface area contributed by atoms with Gasteiger partial charge >= 0.3 is 5.97 Å². The van der Waals surface area contributed by atoms with Gasteiger partial charge in [-0.15, -0.1) is 0 Å². The molecule has 1 aromatic carbocycles. The Morgan fingerprint density at radius 3 is 2.30 bits per heavy atom. The topological polar surface area (TPSA) is 91.8 Å². The summed E-state index contributed by atoms with van der Waals surface area (Å²) in [7, 11) is 1.34. The molecule has 8 heteroatoms. The molecule has 0 bridgehead atoms. The number of carbonyl (C=O) groups excluding carboxylic acids is 3. The summed E-state index contributed by atoms with van der Waals surface area (Å²) in [6.07, 6.45) is 6.43. The van der Waals surface area contributed by atoms with E-state index in [2.05, 4.69) is 15.2 Å². The Labute approximate surface area is 193 Å². The smallest absolute Gasteiger partial charge is 0.337 e. The highest BCUT2D eigenvalue weighted by molar-refractivity contribution is 5.95. The number of anilines is 2. The third-order valence-electron chi connectivity index (χ3n) is 6.40. The number of esters is 1. The first-order chi connectivity index (χ1) is 16.0. The van der Waals surface area contributed by atoms with Crippen LogP contribution in [0.1, 0.15) is 52.8 Å². The fourth-order valence-electron chi connectivity index (χ4n) is 4.43. The molecule has 8 nitrogen and oxygen atoms in total. The quantitative estimate of drug-likeness (QED) is 0.703. The molecule has 2 amide bonds. The van der Waals surface area contributed by atoms with Crippen LogP contribution in [0, 0.1) is 5.92 Å². The predicted octanol–water partition coefficient (Wildman–Crippen LogP) is 3.35. The summed E-state index contributed by atoms with van der Waals surface area (Å²) in [6.45, 7) is 3.05. The van der Waals surface area contributed by atoms with Gasteiger partial charge in [0, 0.05) is 49.5 Å². The van der Waals surface area contributed by atoms with Gasteiger partial charge in [0.1, 0.15) is 5.82 Å². The maximum atomic E-state index is 12.8. The van der Waals surface area contributed by atoms with Gasteiger partial charge in [-0.2, -0.15) is 0 Å². The van der Waals surface area contributed by atoms with E-state index in [1.165, 1.54) is 13.5 Å². The lowest BCUT2D eigenvalue weighted by molar-refractivity contribution is -0.120. The molecule has 3 heterocycles. The Bertz CT molecular complexity index is 994. The molecule has 2 fully saturated rings. The van der Waals surface area contributed by atoms with E-state index in [0.717, 1.165) is 31.7 Å². The van der Waals surface area contributed by atoms with Gasteiger partial charge in [0.2, 0.25) is 5.91 Å². The summed E-state index contributed by atoms with van der Waals surface area (Å²) in [5, 5.41) is 2.94. The van der Waals surface area contributed by atoms with E-state index < -0.39 is 5.97 Å². The van der Waals surface area contributed by atoms with Gasteiger partial charge in [-0.1, -0.05) is 0 Å². The van der Waals surface area contributed by atoms with Crippen molar-refractivity contribution in [2.75, 3.05) is 43.5 Å². The zero-order chi connectivity index (χ0) is 23.2. The third kappa shape index (κ3) is 5.50. The summed E-state index contributed by atoms with van der Waals surface area (Å²) in [5.41, 5.74) is 1.77. The summed E-state index contributed by atoms with van der Waals surface area (Å²) in [4.78, 5) is 45.6. The molecule has 0 unspecified atom stereocenters. The Morgan fingerprint density at radius 2 is 1.64 bits per heavy atom. The standard InChI is InChI=1S/C25H30N4O4/c1-33-25(32)19-5-7-21(8-6-19)27-23(30)18-10-15-28(16-11-18)22-17-20(9-12-26-22)24(31)29-13-3-2-4-14-29/h5-9,12,17-18H,2-4,10-11,13-16H2,1H3,(H,27,30). The van der Waals surface area contributed by atoms with Crippen LogP contribution in [0.4, 0.5) is 11.5 Å². The average molecular weight is 451 g/mol. The molecule has 1 N–H and O–H groups in total. The zero-order valence-corrected chi connectivity index (χ0v) is 19.0. The fraction of sp³-hybridized carbons (Fsp3) is 0.440. The molecular weight excluding hydrogens is 420 g/mol. The van der Waals surface area contributed by atoms with Gasteiger partial charge in [0.25, 0.3) is 5.91 Å². The second-order valence-corrected chi connectivity index (χ2v) is 8.58. The number of methoxy groups -OCH3 is 1. The highest BCUT2D eigenvalue weighted by Crippen LogP contribution is 2.24. The Hall–Kier alpha value is -3.42. The van der Waals surface area contributed by atoms with Crippen LogP contribution in [-0.2, 0) is 9.53 Å². The summed E-state index contributed by atoms with van der Waals surface area (Å²) >= 11 is 0. The molecule has 2 aliphatic rings. The number of likely N-dealkylation sites (tertiary alicyclic amines) is 1. The first kappa shape index (κ1) is 22.8. The molecule has 0 atom stereocenters. The van der Waals surface area contributed by atoms with Crippen molar-refractivity contribution >= 4 is 29.3 Å². The first-order valence-electron chi connectivity index (χ1n) is 11.5. The number of ether oxygens (including phenoxy) is 1. The average Bonchev–Trinajstić information content (AvgIpc) is 2.89. The molecule has 174 valence electrons. The van der Waals surface area contributed by atoms with Crippen LogP contribution < -0.4 is 10.2 Å². The van der Waals surface area contributed by atoms with Crippen molar-refractivity contribution in [2.24, 2.45) is 5.92 Å². The summed E-state index contributed by atoms with van der Waals surface area (Å²) in [6, 6.07) is 10.3. The Balaban J connectivity index is 1.31. The summed E-state index contributed by atoms with van der Waals surface area (Å²) in [5.74, 6) is 0.332. The minimum absolute atomic E-state index is 0.0255. The molecule has 0 radical (unpaired) electrons. The number of benzene rings is 1. The lowest BCUT2D eigenvalue weighted by Crippen LogP contribution is -2.39. The molecule has 2 aromatic rings. The van der Waals surface area contributed by atoms with Crippen molar-refractivity contribution in [2.45, 2.75) is 32.1 Å². The zero-order valence-electron chi connectivity index (χ0n) is 19.0. The number of amides is 2. The van der Waals surface area contributed by atoms with E-state index in [0.29, 0.717) is 42.7 Å². The SMILES string of the molecule is COC(=O)c1ccc(NC(=O)C2CCN(c3cc(C(=O)N4CCCCC4)ccn3)CC2)cc1. The van der Waals surface area contributed by atoms with Crippen molar-refractivity contribution in [1.29, 1.82) is 0 Å². The number of aromatic nitrogens is 1. The molecule has 2 saturated heterocycles. The number of nitrogens with one attached hydrogen (secondary N) is 1. The van der Waals surface area contributed by atoms with Crippen LogP contribution in [-0.4, -0.2) is 61.0 Å². The Kier molecular flexibility index (Phi) is 7.22. The normalized spacial score (nSPS) is 16.9. The highest BCUT2D eigenvalue weighted by Gasteiger charge is 2.26.